The highest BCUT2D eigenvalue weighted by molar-refractivity contribution is 7.98. The molecule has 0 radical (unpaired) electrons. The van der Waals surface area contributed by atoms with Gasteiger partial charge in [0.2, 0.25) is 11.8 Å². The van der Waals surface area contributed by atoms with Crippen LogP contribution in [0.4, 0.5) is 0 Å². The third-order valence-corrected chi connectivity index (χ3v) is 4.68. The molecular weight excluding hydrogens is 260 g/mol. The summed E-state index contributed by atoms with van der Waals surface area (Å²) < 4.78 is 0. The van der Waals surface area contributed by atoms with E-state index in [0.717, 1.165) is 38.0 Å². The normalized spacial score (nSPS) is 25.9. The van der Waals surface area contributed by atoms with Crippen molar-refractivity contribution in [3.63, 3.8) is 0 Å². The molecule has 2 amide bonds. The van der Waals surface area contributed by atoms with E-state index in [1.165, 1.54) is 12.8 Å². The van der Waals surface area contributed by atoms with Crippen LogP contribution in [-0.2, 0) is 9.59 Å². The summed E-state index contributed by atoms with van der Waals surface area (Å²) in [6, 6.07) is -0.113. The van der Waals surface area contributed by atoms with Crippen molar-refractivity contribution in [1.82, 2.24) is 10.2 Å². The average molecular weight is 284 g/mol. The number of carbonyl (C=O) groups is 2. The summed E-state index contributed by atoms with van der Waals surface area (Å²) in [6.45, 7) is 0.795. The van der Waals surface area contributed by atoms with E-state index in [1.807, 2.05) is 6.26 Å². The Hall–Kier alpha value is -0.550. The molecule has 1 unspecified atom stereocenters. The van der Waals surface area contributed by atoms with Crippen molar-refractivity contribution in [3.8, 4) is 0 Å². The van der Waals surface area contributed by atoms with E-state index in [2.05, 4.69) is 5.32 Å². The molecule has 1 saturated carbocycles. The highest BCUT2D eigenvalue weighted by Crippen LogP contribution is 2.26. The fourth-order valence-electron chi connectivity index (χ4n) is 3.05. The molecule has 2 fully saturated rings. The zero-order chi connectivity index (χ0) is 13.7. The second-order valence-electron chi connectivity index (χ2n) is 5.45. The smallest absolute Gasteiger partial charge is 0.247 e. The van der Waals surface area contributed by atoms with Crippen molar-refractivity contribution in [2.75, 3.05) is 18.6 Å². The van der Waals surface area contributed by atoms with E-state index in [0.29, 0.717) is 6.42 Å². The van der Waals surface area contributed by atoms with Gasteiger partial charge in [0, 0.05) is 18.3 Å². The van der Waals surface area contributed by atoms with Gasteiger partial charge < -0.3 is 5.32 Å². The van der Waals surface area contributed by atoms with Crippen LogP contribution in [0.2, 0.25) is 0 Å². The first-order valence-electron chi connectivity index (χ1n) is 7.32. The van der Waals surface area contributed by atoms with Gasteiger partial charge in [-0.2, -0.15) is 11.8 Å². The monoisotopic (exact) mass is 284 g/mol. The Morgan fingerprint density at radius 2 is 1.89 bits per heavy atom. The van der Waals surface area contributed by atoms with Gasteiger partial charge in [-0.25, -0.2) is 0 Å². The summed E-state index contributed by atoms with van der Waals surface area (Å²) >= 11 is 1.75. The van der Waals surface area contributed by atoms with Gasteiger partial charge in [0.15, 0.2) is 0 Å². The molecule has 19 heavy (non-hydrogen) atoms. The van der Waals surface area contributed by atoms with Crippen LogP contribution >= 0.6 is 11.8 Å². The molecule has 108 valence electrons. The van der Waals surface area contributed by atoms with Gasteiger partial charge in [0.05, 0.1) is 12.5 Å². The Labute approximate surface area is 119 Å². The Morgan fingerprint density at radius 1 is 1.21 bits per heavy atom. The predicted octanol–water partition coefficient (Wildman–Crippen LogP) is 1.79. The Morgan fingerprint density at radius 3 is 2.53 bits per heavy atom. The van der Waals surface area contributed by atoms with E-state index in [9.17, 15) is 9.59 Å². The molecule has 1 atom stereocenters. The number of imide groups is 1. The van der Waals surface area contributed by atoms with Gasteiger partial charge >= 0.3 is 0 Å². The number of hydrogen-bond acceptors (Lipinski definition) is 4. The quantitative estimate of drug-likeness (QED) is 0.475. The van der Waals surface area contributed by atoms with Gasteiger partial charge in [-0.15, -0.1) is 0 Å². The van der Waals surface area contributed by atoms with Crippen molar-refractivity contribution in [2.24, 2.45) is 0 Å². The summed E-state index contributed by atoms with van der Waals surface area (Å²) in [5.74, 6) is 1.01. The molecular formula is C14H24N2O2S. The molecule has 4 nitrogen and oxygen atoms in total. The summed E-state index contributed by atoms with van der Waals surface area (Å²) in [5, 5.41) is 3.21. The third-order valence-electron chi connectivity index (χ3n) is 4.07. The zero-order valence-corrected chi connectivity index (χ0v) is 12.5. The van der Waals surface area contributed by atoms with E-state index in [-0.39, 0.29) is 23.9 Å². The lowest BCUT2D eigenvalue weighted by molar-refractivity contribution is -0.141. The molecule has 0 aromatic carbocycles. The zero-order valence-electron chi connectivity index (χ0n) is 11.7. The minimum atomic E-state index is -0.275. The van der Waals surface area contributed by atoms with Gasteiger partial charge in [0.25, 0.3) is 0 Å². The first-order chi connectivity index (χ1) is 9.24. The predicted molar refractivity (Wildman–Crippen MR) is 78.1 cm³/mol. The molecule has 0 aromatic rings. The van der Waals surface area contributed by atoms with Gasteiger partial charge in [0.1, 0.15) is 0 Å². The maximum atomic E-state index is 12.4. The lowest BCUT2D eigenvalue weighted by atomic mass is 10.1. The second-order valence-corrected chi connectivity index (χ2v) is 6.44. The fraction of sp³-hybridized carbons (Fsp3) is 0.857. The minimum Gasteiger partial charge on any atom is -0.305 e. The SMILES string of the molecule is CSCCNC1CC(=O)N(C2CCCCCC2)C1=O. The van der Waals surface area contributed by atoms with Crippen LogP contribution in [0.25, 0.3) is 0 Å². The van der Waals surface area contributed by atoms with E-state index in [1.54, 1.807) is 16.7 Å². The van der Waals surface area contributed by atoms with E-state index < -0.39 is 0 Å². The van der Waals surface area contributed by atoms with Crippen LogP contribution in [-0.4, -0.2) is 47.4 Å². The highest BCUT2D eigenvalue weighted by Gasteiger charge is 2.41. The summed E-state index contributed by atoms with van der Waals surface area (Å²) in [6.07, 6.45) is 9.15. The topological polar surface area (TPSA) is 49.4 Å². The number of nitrogens with zero attached hydrogens (tertiary/aromatic N) is 1. The molecule has 0 bridgehead atoms. The fourth-order valence-corrected chi connectivity index (χ4v) is 3.37. The maximum absolute atomic E-state index is 12.4. The number of carbonyl (C=O) groups excluding carboxylic acids is 2. The van der Waals surface area contributed by atoms with Crippen molar-refractivity contribution in [3.05, 3.63) is 0 Å². The summed E-state index contributed by atoms with van der Waals surface area (Å²) in [4.78, 5) is 26.0. The summed E-state index contributed by atoms with van der Waals surface area (Å²) in [5.41, 5.74) is 0. The molecule has 0 spiro atoms. The van der Waals surface area contributed by atoms with Crippen LogP contribution in [0.5, 0.6) is 0 Å². The van der Waals surface area contributed by atoms with Crippen molar-refractivity contribution in [1.29, 1.82) is 0 Å². The molecule has 2 rings (SSSR count). The van der Waals surface area contributed by atoms with Crippen molar-refractivity contribution < 1.29 is 9.59 Å². The molecule has 1 aliphatic heterocycles. The first-order valence-corrected chi connectivity index (χ1v) is 8.71. The number of rotatable bonds is 5. The standard InChI is InChI=1S/C14H24N2O2S/c1-19-9-8-15-12-10-13(17)16(14(12)18)11-6-4-2-3-5-7-11/h11-12,15H,2-10H2,1H3. The minimum absolute atomic E-state index is 0.0120. The van der Waals surface area contributed by atoms with Gasteiger partial charge in [-0.3, -0.25) is 14.5 Å². The van der Waals surface area contributed by atoms with Gasteiger partial charge in [-0.1, -0.05) is 25.7 Å². The third kappa shape index (κ3) is 3.72. The lowest BCUT2D eigenvalue weighted by Gasteiger charge is -2.25. The Kier molecular flexibility index (Phi) is 5.70. The average Bonchev–Trinajstić information content (AvgIpc) is 2.61. The number of thioether (sulfide) groups is 1. The largest absolute Gasteiger partial charge is 0.305 e. The number of amides is 2. The molecule has 1 heterocycles. The number of likely N-dealkylation sites (tertiary alicyclic amines) is 1. The van der Waals surface area contributed by atoms with Crippen LogP contribution in [0.15, 0.2) is 0 Å². The van der Waals surface area contributed by atoms with Crippen molar-refractivity contribution >= 4 is 23.6 Å². The highest BCUT2D eigenvalue weighted by atomic mass is 32.2. The lowest BCUT2D eigenvalue weighted by Crippen LogP contribution is -2.44. The molecule has 1 aliphatic carbocycles. The molecule has 1 N–H and O–H groups in total. The summed E-state index contributed by atoms with van der Waals surface area (Å²) in [7, 11) is 0. The molecule has 2 aliphatic rings. The Bertz CT molecular complexity index is 327. The number of nitrogens with one attached hydrogen (secondary N) is 1. The first kappa shape index (κ1) is 14.9. The van der Waals surface area contributed by atoms with E-state index in [4.69, 9.17) is 0 Å². The van der Waals surface area contributed by atoms with Crippen LogP contribution in [0.1, 0.15) is 44.9 Å². The van der Waals surface area contributed by atoms with Crippen molar-refractivity contribution in [2.45, 2.75) is 57.0 Å². The molecule has 0 aromatic heterocycles. The second kappa shape index (κ2) is 7.29. The van der Waals surface area contributed by atoms with Crippen LogP contribution in [0, 0.1) is 0 Å². The Balaban J connectivity index is 1.93. The van der Waals surface area contributed by atoms with Crippen LogP contribution < -0.4 is 5.32 Å². The molecule has 1 saturated heterocycles. The number of hydrogen-bond donors (Lipinski definition) is 1. The molecule has 5 heteroatoms. The van der Waals surface area contributed by atoms with Gasteiger partial charge in [-0.05, 0) is 19.1 Å². The van der Waals surface area contributed by atoms with Crippen LogP contribution in [0.3, 0.4) is 0 Å². The van der Waals surface area contributed by atoms with E-state index >= 15 is 0 Å². The maximum Gasteiger partial charge on any atom is 0.247 e.